The molecule has 0 aromatic carbocycles. The molecule has 0 bridgehead atoms. The van der Waals surface area contributed by atoms with E-state index in [2.05, 4.69) is 10.3 Å². The SMILES string of the molecule is CNC(=O)C1CCCN1C(=O)c1ccnc(C(=O)O)c1. The molecule has 1 saturated heterocycles. The summed E-state index contributed by atoms with van der Waals surface area (Å²) in [5.41, 5.74) is 0.0414. The van der Waals surface area contributed by atoms with E-state index in [1.165, 1.54) is 30.3 Å². The van der Waals surface area contributed by atoms with Gasteiger partial charge in [-0.05, 0) is 25.0 Å². The van der Waals surface area contributed by atoms with Crippen LogP contribution in [0.1, 0.15) is 33.7 Å². The lowest BCUT2D eigenvalue weighted by molar-refractivity contribution is -0.124. The Morgan fingerprint density at radius 1 is 1.45 bits per heavy atom. The Morgan fingerprint density at radius 2 is 2.20 bits per heavy atom. The molecule has 1 aliphatic heterocycles. The fraction of sp³-hybridized carbons (Fsp3) is 0.385. The van der Waals surface area contributed by atoms with Crippen molar-refractivity contribution in [3.63, 3.8) is 0 Å². The summed E-state index contributed by atoms with van der Waals surface area (Å²) in [4.78, 5) is 40.1. The van der Waals surface area contributed by atoms with Crippen LogP contribution in [-0.4, -0.2) is 52.4 Å². The highest BCUT2D eigenvalue weighted by atomic mass is 16.4. The monoisotopic (exact) mass is 277 g/mol. The molecule has 7 nitrogen and oxygen atoms in total. The Balaban J connectivity index is 2.24. The summed E-state index contributed by atoms with van der Waals surface area (Å²) in [5.74, 6) is -1.74. The van der Waals surface area contributed by atoms with Crippen LogP contribution < -0.4 is 5.32 Å². The summed E-state index contributed by atoms with van der Waals surface area (Å²) in [6.07, 6.45) is 2.64. The number of aromatic nitrogens is 1. The Kier molecular flexibility index (Phi) is 3.97. The van der Waals surface area contributed by atoms with Crippen LogP contribution in [0.15, 0.2) is 18.3 Å². The zero-order chi connectivity index (χ0) is 14.7. The van der Waals surface area contributed by atoms with Crippen molar-refractivity contribution in [3.05, 3.63) is 29.6 Å². The molecule has 0 radical (unpaired) electrons. The van der Waals surface area contributed by atoms with E-state index in [1.807, 2.05) is 0 Å². The summed E-state index contributed by atoms with van der Waals surface area (Å²) in [7, 11) is 1.53. The van der Waals surface area contributed by atoms with Crippen molar-refractivity contribution in [1.29, 1.82) is 0 Å². The van der Waals surface area contributed by atoms with Crippen molar-refractivity contribution >= 4 is 17.8 Å². The van der Waals surface area contributed by atoms with Crippen LogP contribution in [0.25, 0.3) is 0 Å². The van der Waals surface area contributed by atoms with Gasteiger partial charge in [0, 0.05) is 25.4 Å². The molecular formula is C13H15N3O4. The summed E-state index contributed by atoms with van der Waals surface area (Å²) in [6.45, 7) is 0.488. The number of likely N-dealkylation sites (tertiary alicyclic amines) is 1. The minimum absolute atomic E-state index is 0.188. The zero-order valence-corrected chi connectivity index (χ0v) is 11.0. The fourth-order valence-electron chi connectivity index (χ4n) is 2.30. The number of rotatable bonds is 3. The fourth-order valence-corrected chi connectivity index (χ4v) is 2.30. The molecule has 2 amide bonds. The maximum absolute atomic E-state index is 12.4. The molecule has 1 fully saturated rings. The summed E-state index contributed by atoms with van der Waals surface area (Å²) >= 11 is 0. The molecule has 2 heterocycles. The molecule has 7 heteroatoms. The molecule has 1 aliphatic rings. The number of nitrogens with one attached hydrogen (secondary N) is 1. The summed E-state index contributed by atoms with van der Waals surface area (Å²) < 4.78 is 0. The van der Waals surface area contributed by atoms with E-state index in [4.69, 9.17) is 5.11 Å². The van der Waals surface area contributed by atoms with E-state index < -0.39 is 12.0 Å². The Morgan fingerprint density at radius 3 is 2.85 bits per heavy atom. The summed E-state index contributed by atoms with van der Waals surface area (Å²) in [5, 5.41) is 11.4. The highest BCUT2D eigenvalue weighted by molar-refractivity contribution is 5.99. The van der Waals surface area contributed by atoms with E-state index in [-0.39, 0.29) is 23.1 Å². The van der Waals surface area contributed by atoms with Gasteiger partial charge < -0.3 is 15.3 Å². The molecule has 2 N–H and O–H groups in total. The molecule has 1 aromatic rings. The smallest absolute Gasteiger partial charge is 0.354 e. The van der Waals surface area contributed by atoms with Crippen LogP contribution >= 0.6 is 0 Å². The van der Waals surface area contributed by atoms with Crippen molar-refractivity contribution < 1.29 is 19.5 Å². The Bertz CT molecular complexity index is 558. The van der Waals surface area contributed by atoms with Gasteiger partial charge in [-0.25, -0.2) is 9.78 Å². The van der Waals surface area contributed by atoms with Crippen molar-refractivity contribution in [2.45, 2.75) is 18.9 Å². The largest absolute Gasteiger partial charge is 0.477 e. The molecule has 106 valence electrons. The second-order valence-electron chi connectivity index (χ2n) is 4.51. The molecule has 0 spiro atoms. The highest BCUT2D eigenvalue weighted by Gasteiger charge is 2.34. The van der Waals surface area contributed by atoms with Crippen LogP contribution in [0.2, 0.25) is 0 Å². The van der Waals surface area contributed by atoms with Crippen LogP contribution in [0.4, 0.5) is 0 Å². The number of carbonyl (C=O) groups excluding carboxylic acids is 2. The van der Waals surface area contributed by atoms with Gasteiger partial charge in [0.05, 0.1) is 0 Å². The van der Waals surface area contributed by atoms with Gasteiger partial charge in [0.15, 0.2) is 0 Å². The second-order valence-corrected chi connectivity index (χ2v) is 4.51. The van der Waals surface area contributed by atoms with E-state index in [9.17, 15) is 14.4 Å². The predicted molar refractivity (Wildman–Crippen MR) is 69.3 cm³/mol. The lowest BCUT2D eigenvalue weighted by atomic mass is 10.1. The zero-order valence-electron chi connectivity index (χ0n) is 11.0. The topological polar surface area (TPSA) is 99.6 Å². The number of amides is 2. The minimum Gasteiger partial charge on any atom is -0.477 e. The maximum Gasteiger partial charge on any atom is 0.354 e. The van der Waals surface area contributed by atoms with E-state index in [0.29, 0.717) is 13.0 Å². The quantitative estimate of drug-likeness (QED) is 0.818. The van der Waals surface area contributed by atoms with Gasteiger partial charge in [-0.15, -0.1) is 0 Å². The molecule has 1 unspecified atom stereocenters. The van der Waals surface area contributed by atoms with E-state index >= 15 is 0 Å². The van der Waals surface area contributed by atoms with E-state index in [1.54, 1.807) is 0 Å². The van der Waals surface area contributed by atoms with Crippen molar-refractivity contribution in [2.75, 3.05) is 13.6 Å². The highest BCUT2D eigenvalue weighted by Crippen LogP contribution is 2.20. The van der Waals surface area contributed by atoms with Gasteiger partial charge in [-0.1, -0.05) is 0 Å². The predicted octanol–water partition coefficient (Wildman–Crippen LogP) is 0.130. The normalized spacial score (nSPS) is 17.9. The third kappa shape index (κ3) is 2.61. The van der Waals surface area contributed by atoms with Gasteiger partial charge in [-0.2, -0.15) is 0 Å². The first-order valence-corrected chi connectivity index (χ1v) is 6.26. The molecule has 20 heavy (non-hydrogen) atoms. The van der Waals surface area contributed by atoms with Crippen LogP contribution in [0.5, 0.6) is 0 Å². The number of hydrogen-bond acceptors (Lipinski definition) is 4. The first kappa shape index (κ1) is 14.0. The number of carboxylic acid groups (broad SMARTS) is 1. The number of likely N-dealkylation sites (N-methyl/N-ethyl adjacent to an activating group) is 1. The molecule has 0 saturated carbocycles. The first-order chi connectivity index (χ1) is 9.54. The number of hydrogen-bond donors (Lipinski definition) is 2. The lowest BCUT2D eigenvalue weighted by Gasteiger charge is -2.23. The molecule has 2 rings (SSSR count). The Hall–Kier alpha value is -2.44. The van der Waals surface area contributed by atoms with Crippen molar-refractivity contribution in [2.24, 2.45) is 0 Å². The van der Waals surface area contributed by atoms with Crippen LogP contribution in [0, 0.1) is 0 Å². The lowest BCUT2D eigenvalue weighted by Crippen LogP contribution is -2.44. The molecule has 0 aliphatic carbocycles. The summed E-state index contributed by atoms with van der Waals surface area (Å²) in [6, 6.07) is 2.19. The van der Waals surface area contributed by atoms with Gasteiger partial charge in [-0.3, -0.25) is 9.59 Å². The Labute approximate surface area is 115 Å². The number of carbonyl (C=O) groups is 3. The van der Waals surface area contributed by atoms with E-state index in [0.717, 1.165) is 6.42 Å². The maximum atomic E-state index is 12.4. The third-order valence-corrected chi connectivity index (χ3v) is 3.29. The number of aromatic carboxylic acids is 1. The average molecular weight is 277 g/mol. The minimum atomic E-state index is -1.19. The average Bonchev–Trinajstić information content (AvgIpc) is 2.95. The number of nitrogens with zero attached hydrogens (tertiary/aromatic N) is 2. The van der Waals surface area contributed by atoms with Gasteiger partial charge in [0.25, 0.3) is 5.91 Å². The number of carboxylic acids is 1. The van der Waals surface area contributed by atoms with Gasteiger partial charge in [0.2, 0.25) is 5.91 Å². The second kappa shape index (κ2) is 5.68. The third-order valence-electron chi connectivity index (χ3n) is 3.29. The van der Waals surface area contributed by atoms with Gasteiger partial charge in [0.1, 0.15) is 11.7 Å². The number of pyridine rings is 1. The van der Waals surface area contributed by atoms with Crippen molar-refractivity contribution in [3.8, 4) is 0 Å². The first-order valence-electron chi connectivity index (χ1n) is 6.26. The standard InChI is InChI=1S/C13H15N3O4/c1-14-11(17)10-3-2-6-16(10)12(18)8-4-5-15-9(7-8)13(19)20/h4-5,7,10H,2-3,6H2,1H3,(H,14,17)(H,19,20). The van der Waals surface area contributed by atoms with Crippen LogP contribution in [-0.2, 0) is 4.79 Å². The molecule has 1 atom stereocenters. The molecule has 1 aromatic heterocycles. The van der Waals surface area contributed by atoms with Crippen molar-refractivity contribution in [1.82, 2.24) is 15.2 Å². The molecular weight excluding hydrogens is 262 g/mol. The van der Waals surface area contributed by atoms with Crippen LogP contribution in [0.3, 0.4) is 0 Å². The van der Waals surface area contributed by atoms with Gasteiger partial charge >= 0.3 is 5.97 Å².